The fraction of sp³-hybridized carbons (Fsp3) is 0.455. The third-order valence-corrected chi connectivity index (χ3v) is 2.38. The van der Waals surface area contributed by atoms with E-state index in [4.69, 9.17) is 10.2 Å². The monoisotopic (exact) mass is 212 g/mol. The number of aliphatic hydroxyl groups is 3. The molecule has 0 heterocycles. The average Bonchev–Trinajstić information content (AvgIpc) is 2.26. The highest BCUT2D eigenvalue weighted by Crippen LogP contribution is 2.17. The van der Waals surface area contributed by atoms with Gasteiger partial charge in [0, 0.05) is 0 Å². The van der Waals surface area contributed by atoms with Crippen molar-refractivity contribution in [2.45, 2.75) is 18.4 Å². The first-order valence-corrected chi connectivity index (χ1v) is 4.82. The van der Waals surface area contributed by atoms with E-state index in [1.54, 1.807) is 18.2 Å². The van der Waals surface area contributed by atoms with Crippen molar-refractivity contribution >= 4 is 0 Å². The first-order valence-electron chi connectivity index (χ1n) is 4.82. The largest absolute Gasteiger partial charge is 0.508 e. The summed E-state index contributed by atoms with van der Waals surface area (Å²) in [7, 11) is 0. The topological polar surface area (TPSA) is 80.9 Å². The lowest BCUT2D eigenvalue weighted by Crippen LogP contribution is -2.37. The lowest BCUT2D eigenvalue weighted by Gasteiger charge is -2.22. The molecule has 15 heavy (non-hydrogen) atoms. The summed E-state index contributed by atoms with van der Waals surface area (Å²) >= 11 is 0. The molecule has 1 aromatic carbocycles. The molecule has 0 unspecified atom stereocenters. The molecule has 0 aromatic heterocycles. The zero-order valence-corrected chi connectivity index (χ0v) is 8.43. The van der Waals surface area contributed by atoms with Crippen molar-refractivity contribution in [3.63, 3.8) is 0 Å². The number of hydrogen-bond donors (Lipinski definition) is 4. The van der Waals surface area contributed by atoms with E-state index in [-0.39, 0.29) is 12.2 Å². The molecule has 0 amide bonds. The number of phenolic OH excluding ortho intramolecular Hbond substituents is 1. The highest BCUT2D eigenvalue weighted by molar-refractivity contribution is 5.27. The molecule has 0 aliphatic carbocycles. The molecule has 0 saturated carbocycles. The van der Waals surface area contributed by atoms with Crippen LogP contribution >= 0.6 is 0 Å². The van der Waals surface area contributed by atoms with Gasteiger partial charge in [-0.15, -0.1) is 0 Å². The minimum Gasteiger partial charge on any atom is -0.508 e. The minimum atomic E-state index is -1.44. The second-order valence-corrected chi connectivity index (χ2v) is 3.71. The Morgan fingerprint density at radius 3 is 2.33 bits per heavy atom. The van der Waals surface area contributed by atoms with Gasteiger partial charge in [0.2, 0.25) is 0 Å². The van der Waals surface area contributed by atoms with Crippen molar-refractivity contribution in [2.75, 3.05) is 13.2 Å². The second-order valence-electron chi connectivity index (χ2n) is 3.71. The smallest absolute Gasteiger partial charge is 0.115 e. The summed E-state index contributed by atoms with van der Waals surface area (Å²) in [5, 5.41) is 36.5. The summed E-state index contributed by atoms with van der Waals surface area (Å²) in [5.74, 6) is 0.170. The van der Waals surface area contributed by atoms with E-state index in [1.165, 1.54) is 0 Å². The fourth-order valence-corrected chi connectivity index (χ4v) is 1.30. The standard InChI is InChI=1S/C11H16O4/c12-7-11(15,8-13)5-4-9-2-1-3-10(14)6-9/h1-3,6,12-15H,4-5,7-8H2. The van der Waals surface area contributed by atoms with Gasteiger partial charge in [0.15, 0.2) is 0 Å². The molecule has 4 N–H and O–H groups in total. The Morgan fingerprint density at radius 2 is 1.80 bits per heavy atom. The summed E-state index contributed by atoms with van der Waals surface area (Å²) in [4.78, 5) is 0. The van der Waals surface area contributed by atoms with Crippen LogP contribution in [0.3, 0.4) is 0 Å². The van der Waals surface area contributed by atoms with Crippen LogP contribution in [0.15, 0.2) is 24.3 Å². The minimum absolute atomic E-state index is 0.170. The van der Waals surface area contributed by atoms with E-state index in [0.29, 0.717) is 6.42 Å². The average molecular weight is 212 g/mol. The van der Waals surface area contributed by atoms with Crippen LogP contribution < -0.4 is 0 Å². The van der Waals surface area contributed by atoms with E-state index >= 15 is 0 Å². The summed E-state index contributed by atoms with van der Waals surface area (Å²) in [5.41, 5.74) is -0.582. The van der Waals surface area contributed by atoms with Gasteiger partial charge >= 0.3 is 0 Å². The Labute approximate surface area is 88.4 Å². The van der Waals surface area contributed by atoms with Gasteiger partial charge in [0.05, 0.1) is 13.2 Å². The molecule has 0 aliphatic rings. The van der Waals surface area contributed by atoms with Crippen LogP contribution in [0.1, 0.15) is 12.0 Å². The Morgan fingerprint density at radius 1 is 1.13 bits per heavy atom. The number of aliphatic hydroxyl groups excluding tert-OH is 2. The van der Waals surface area contributed by atoms with Crippen LogP contribution in [0.25, 0.3) is 0 Å². The van der Waals surface area contributed by atoms with Crippen LogP contribution in [-0.2, 0) is 6.42 Å². The van der Waals surface area contributed by atoms with Crippen LogP contribution in [0, 0.1) is 0 Å². The molecular weight excluding hydrogens is 196 g/mol. The molecule has 0 spiro atoms. The normalized spacial score (nSPS) is 11.7. The van der Waals surface area contributed by atoms with Crippen LogP contribution in [0.2, 0.25) is 0 Å². The lowest BCUT2D eigenvalue weighted by molar-refractivity contribution is -0.0599. The molecule has 0 atom stereocenters. The highest BCUT2D eigenvalue weighted by Gasteiger charge is 2.24. The van der Waals surface area contributed by atoms with E-state index in [0.717, 1.165) is 5.56 Å². The van der Waals surface area contributed by atoms with E-state index < -0.39 is 18.8 Å². The number of benzene rings is 1. The molecule has 1 rings (SSSR count). The SMILES string of the molecule is OCC(O)(CO)CCc1cccc(O)c1. The van der Waals surface area contributed by atoms with Gasteiger partial charge in [-0.05, 0) is 30.5 Å². The van der Waals surface area contributed by atoms with Gasteiger partial charge in [-0.2, -0.15) is 0 Å². The predicted octanol–water partition coefficient (Wildman–Crippen LogP) is 0.0405. The fourth-order valence-electron chi connectivity index (χ4n) is 1.30. The first-order chi connectivity index (χ1) is 7.09. The first kappa shape index (κ1) is 12.0. The lowest BCUT2D eigenvalue weighted by atomic mass is 9.96. The van der Waals surface area contributed by atoms with E-state index in [1.807, 2.05) is 6.07 Å². The third kappa shape index (κ3) is 3.51. The molecule has 0 saturated heterocycles. The number of rotatable bonds is 5. The molecule has 4 heteroatoms. The number of hydrogen-bond acceptors (Lipinski definition) is 4. The number of aromatic hydroxyl groups is 1. The number of aryl methyl sites for hydroxylation is 1. The van der Waals surface area contributed by atoms with Crippen molar-refractivity contribution in [1.82, 2.24) is 0 Å². The van der Waals surface area contributed by atoms with Gasteiger partial charge < -0.3 is 20.4 Å². The van der Waals surface area contributed by atoms with Crippen LogP contribution in [-0.4, -0.2) is 39.2 Å². The van der Waals surface area contributed by atoms with Gasteiger partial charge in [-0.1, -0.05) is 12.1 Å². The molecule has 0 fully saturated rings. The molecular formula is C11H16O4. The Kier molecular flexibility index (Phi) is 4.08. The van der Waals surface area contributed by atoms with Gasteiger partial charge in [-0.25, -0.2) is 0 Å². The predicted molar refractivity (Wildman–Crippen MR) is 55.5 cm³/mol. The second kappa shape index (κ2) is 5.11. The van der Waals surface area contributed by atoms with Crippen molar-refractivity contribution < 1.29 is 20.4 Å². The Balaban J connectivity index is 2.56. The maximum atomic E-state index is 9.60. The Hall–Kier alpha value is -1.10. The quantitative estimate of drug-likeness (QED) is 0.555. The molecule has 0 radical (unpaired) electrons. The number of phenols is 1. The maximum Gasteiger partial charge on any atom is 0.115 e. The Bertz CT molecular complexity index is 307. The molecule has 0 bridgehead atoms. The molecule has 1 aromatic rings. The zero-order valence-electron chi connectivity index (χ0n) is 8.43. The highest BCUT2D eigenvalue weighted by atomic mass is 16.4. The van der Waals surface area contributed by atoms with Crippen molar-refractivity contribution in [1.29, 1.82) is 0 Å². The maximum absolute atomic E-state index is 9.60. The van der Waals surface area contributed by atoms with Crippen molar-refractivity contribution in [3.05, 3.63) is 29.8 Å². The van der Waals surface area contributed by atoms with Gasteiger partial charge in [0.1, 0.15) is 11.4 Å². The van der Waals surface area contributed by atoms with Crippen LogP contribution in [0.5, 0.6) is 5.75 Å². The van der Waals surface area contributed by atoms with E-state index in [9.17, 15) is 10.2 Å². The van der Waals surface area contributed by atoms with Crippen molar-refractivity contribution in [2.24, 2.45) is 0 Å². The third-order valence-electron chi connectivity index (χ3n) is 2.38. The van der Waals surface area contributed by atoms with Gasteiger partial charge in [0.25, 0.3) is 0 Å². The summed E-state index contributed by atoms with van der Waals surface area (Å²) in [6.07, 6.45) is 0.746. The zero-order chi connectivity index (χ0) is 11.3. The van der Waals surface area contributed by atoms with Crippen molar-refractivity contribution in [3.8, 4) is 5.75 Å². The molecule has 4 nitrogen and oxygen atoms in total. The summed E-state index contributed by atoms with van der Waals surface area (Å²) in [6.45, 7) is -0.940. The molecule has 0 aliphatic heterocycles. The van der Waals surface area contributed by atoms with Crippen LogP contribution in [0.4, 0.5) is 0 Å². The van der Waals surface area contributed by atoms with Gasteiger partial charge in [-0.3, -0.25) is 0 Å². The van der Waals surface area contributed by atoms with E-state index in [2.05, 4.69) is 0 Å². The summed E-state index contributed by atoms with van der Waals surface area (Å²) in [6, 6.07) is 6.68. The summed E-state index contributed by atoms with van der Waals surface area (Å²) < 4.78 is 0. The molecule has 84 valence electrons.